The summed E-state index contributed by atoms with van der Waals surface area (Å²) in [5.41, 5.74) is 0.831. The summed E-state index contributed by atoms with van der Waals surface area (Å²) in [5.74, 6) is -1.75. The predicted octanol–water partition coefficient (Wildman–Crippen LogP) is 1.07. The van der Waals surface area contributed by atoms with Gasteiger partial charge in [-0.25, -0.2) is 8.78 Å². The Bertz CT molecular complexity index is 208. The van der Waals surface area contributed by atoms with Crippen molar-refractivity contribution in [3.05, 3.63) is 29.3 Å². The normalized spacial score (nSPS) is 9.90. The zero-order valence-electron chi connectivity index (χ0n) is 5.49. The Kier molecular flexibility index (Phi) is 1.75. The highest BCUT2D eigenvalue weighted by Gasteiger charge is 2.01. The molecular weight excluding hydrogens is 133 g/mol. The lowest BCUT2D eigenvalue weighted by Crippen LogP contribution is -2.08. The van der Waals surface area contributed by atoms with Crippen LogP contribution in [0, 0.1) is 18.6 Å². The summed E-state index contributed by atoms with van der Waals surface area (Å²) in [6.07, 6.45) is 0. The molecule has 0 fully saturated rings. The first kappa shape index (κ1) is 7.25. The van der Waals surface area contributed by atoms with Crippen LogP contribution >= 0.6 is 0 Å². The lowest BCUT2D eigenvalue weighted by atomic mass is 9.91. The van der Waals surface area contributed by atoms with Crippen LogP contribution in [-0.4, -0.2) is 7.85 Å². The molecule has 50 valence electrons. The maximum absolute atomic E-state index is 12.3. The van der Waals surface area contributed by atoms with E-state index in [2.05, 4.69) is 0 Å². The summed E-state index contributed by atoms with van der Waals surface area (Å²) in [6, 6.07) is 2.05. The van der Waals surface area contributed by atoms with E-state index in [1.165, 1.54) is 0 Å². The smallest absolute Gasteiger partial charge is 0.159 e. The van der Waals surface area contributed by atoms with E-state index < -0.39 is 11.6 Å². The molecule has 0 N–H and O–H groups in total. The number of hydrogen-bond acceptors (Lipinski definition) is 0. The highest BCUT2D eigenvalue weighted by Crippen LogP contribution is 2.04. The number of halogens is 2. The van der Waals surface area contributed by atoms with Crippen LogP contribution in [0.4, 0.5) is 8.78 Å². The van der Waals surface area contributed by atoms with E-state index in [-0.39, 0.29) is 5.46 Å². The Hall–Kier alpha value is -0.855. The average Bonchev–Trinajstić information content (AvgIpc) is 1.84. The molecule has 1 aromatic carbocycles. The first-order valence-electron chi connectivity index (χ1n) is 2.82. The van der Waals surface area contributed by atoms with E-state index in [1.807, 2.05) is 0 Å². The molecule has 0 amide bonds. The molecule has 0 aliphatic carbocycles. The Morgan fingerprint density at radius 3 is 2.20 bits per heavy atom. The first-order chi connectivity index (χ1) is 4.61. The SMILES string of the molecule is [B]c1cc(F)c(F)cc1C. The third kappa shape index (κ3) is 1.18. The number of rotatable bonds is 0. The first-order valence-corrected chi connectivity index (χ1v) is 2.82. The number of aryl methyl sites for hydroxylation is 1. The van der Waals surface area contributed by atoms with Crippen molar-refractivity contribution in [1.29, 1.82) is 0 Å². The van der Waals surface area contributed by atoms with Crippen molar-refractivity contribution in [3.63, 3.8) is 0 Å². The molecule has 1 aromatic rings. The van der Waals surface area contributed by atoms with Gasteiger partial charge in [0.1, 0.15) is 7.85 Å². The minimum Gasteiger partial charge on any atom is -0.204 e. The second kappa shape index (κ2) is 2.41. The molecule has 0 spiro atoms. The molecule has 1 rings (SSSR count). The Morgan fingerprint density at radius 2 is 1.70 bits per heavy atom. The molecule has 0 heterocycles. The topological polar surface area (TPSA) is 0 Å². The van der Waals surface area contributed by atoms with Gasteiger partial charge in [-0.15, -0.1) is 0 Å². The third-order valence-electron chi connectivity index (χ3n) is 1.31. The quantitative estimate of drug-likeness (QED) is 0.470. The summed E-state index contributed by atoms with van der Waals surface area (Å²) in [6.45, 7) is 1.62. The highest BCUT2D eigenvalue weighted by molar-refractivity contribution is 6.33. The molecule has 0 aromatic heterocycles. The number of hydrogen-bond donors (Lipinski definition) is 0. The zero-order chi connectivity index (χ0) is 7.72. The molecule has 0 bridgehead atoms. The minimum absolute atomic E-state index is 0.277. The molecule has 0 nitrogen and oxygen atoms in total. The molecule has 10 heavy (non-hydrogen) atoms. The van der Waals surface area contributed by atoms with Crippen molar-refractivity contribution in [2.24, 2.45) is 0 Å². The summed E-state index contributed by atoms with van der Waals surface area (Å²) in [5, 5.41) is 0. The summed E-state index contributed by atoms with van der Waals surface area (Å²) in [4.78, 5) is 0. The van der Waals surface area contributed by atoms with Crippen LogP contribution in [0.25, 0.3) is 0 Å². The van der Waals surface area contributed by atoms with Gasteiger partial charge in [0.2, 0.25) is 0 Å². The van der Waals surface area contributed by atoms with Gasteiger partial charge in [-0.3, -0.25) is 0 Å². The molecular formula is C7H5BF2. The Morgan fingerprint density at radius 1 is 1.20 bits per heavy atom. The average molecular weight is 138 g/mol. The van der Waals surface area contributed by atoms with E-state index in [0.29, 0.717) is 5.56 Å². The molecule has 0 aliphatic heterocycles. The van der Waals surface area contributed by atoms with Crippen molar-refractivity contribution < 1.29 is 8.78 Å². The summed E-state index contributed by atoms with van der Waals surface area (Å²) < 4.78 is 24.6. The van der Waals surface area contributed by atoms with Crippen LogP contribution in [-0.2, 0) is 0 Å². The molecule has 3 heteroatoms. The van der Waals surface area contributed by atoms with Gasteiger partial charge in [0, 0.05) is 0 Å². The van der Waals surface area contributed by atoms with E-state index in [1.54, 1.807) is 6.92 Å². The third-order valence-corrected chi connectivity index (χ3v) is 1.31. The molecule has 2 radical (unpaired) electrons. The van der Waals surface area contributed by atoms with Crippen molar-refractivity contribution in [2.45, 2.75) is 6.92 Å². The van der Waals surface area contributed by atoms with Crippen LogP contribution in [0.2, 0.25) is 0 Å². The second-order valence-corrected chi connectivity index (χ2v) is 2.12. The van der Waals surface area contributed by atoms with Crippen LogP contribution in [0.1, 0.15) is 5.56 Å². The van der Waals surface area contributed by atoms with Gasteiger partial charge < -0.3 is 0 Å². The lowest BCUT2D eigenvalue weighted by Gasteiger charge is -1.99. The van der Waals surface area contributed by atoms with Crippen LogP contribution in [0.15, 0.2) is 12.1 Å². The number of benzene rings is 1. The van der Waals surface area contributed by atoms with Crippen molar-refractivity contribution in [3.8, 4) is 0 Å². The van der Waals surface area contributed by atoms with Crippen LogP contribution in [0.3, 0.4) is 0 Å². The minimum atomic E-state index is -0.900. The van der Waals surface area contributed by atoms with Gasteiger partial charge in [0.05, 0.1) is 0 Å². The van der Waals surface area contributed by atoms with Gasteiger partial charge in [0.25, 0.3) is 0 Å². The van der Waals surface area contributed by atoms with Crippen LogP contribution < -0.4 is 5.46 Å². The van der Waals surface area contributed by atoms with Gasteiger partial charge in [0.15, 0.2) is 11.6 Å². The molecule has 0 atom stereocenters. The lowest BCUT2D eigenvalue weighted by molar-refractivity contribution is 0.509. The standard InChI is InChI=1S/C7H5BF2/c1-4-2-6(9)7(10)3-5(4)8/h2-3H,1H3. The predicted molar refractivity (Wildman–Crippen MR) is 36.5 cm³/mol. The Balaban J connectivity index is 3.28. The fourth-order valence-corrected chi connectivity index (χ4v) is 0.662. The van der Waals surface area contributed by atoms with Crippen molar-refractivity contribution in [1.82, 2.24) is 0 Å². The van der Waals surface area contributed by atoms with E-state index in [0.717, 1.165) is 12.1 Å². The van der Waals surface area contributed by atoms with E-state index >= 15 is 0 Å². The van der Waals surface area contributed by atoms with Crippen molar-refractivity contribution >= 4 is 13.3 Å². The van der Waals surface area contributed by atoms with Crippen molar-refractivity contribution in [2.75, 3.05) is 0 Å². The molecule has 0 saturated heterocycles. The summed E-state index contributed by atoms with van der Waals surface area (Å²) >= 11 is 0. The molecule has 0 saturated carbocycles. The second-order valence-electron chi connectivity index (χ2n) is 2.12. The fourth-order valence-electron chi connectivity index (χ4n) is 0.662. The fraction of sp³-hybridized carbons (Fsp3) is 0.143. The van der Waals surface area contributed by atoms with Crippen LogP contribution in [0.5, 0.6) is 0 Å². The van der Waals surface area contributed by atoms with Gasteiger partial charge in [-0.05, 0) is 19.1 Å². The molecule has 0 aliphatic rings. The van der Waals surface area contributed by atoms with E-state index in [9.17, 15) is 8.78 Å². The van der Waals surface area contributed by atoms with Gasteiger partial charge in [-0.1, -0.05) is 11.0 Å². The monoisotopic (exact) mass is 138 g/mol. The van der Waals surface area contributed by atoms with Gasteiger partial charge >= 0.3 is 0 Å². The maximum Gasteiger partial charge on any atom is 0.159 e. The van der Waals surface area contributed by atoms with Gasteiger partial charge in [-0.2, -0.15) is 0 Å². The maximum atomic E-state index is 12.3. The molecule has 0 unspecified atom stereocenters. The Labute approximate surface area is 59.3 Å². The van der Waals surface area contributed by atoms with E-state index in [4.69, 9.17) is 7.85 Å². The zero-order valence-corrected chi connectivity index (χ0v) is 5.49. The summed E-state index contributed by atoms with van der Waals surface area (Å²) in [7, 11) is 5.28. The highest BCUT2D eigenvalue weighted by atomic mass is 19.2. The largest absolute Gasteiger partial charge is 0.204 e.